The molecule has 1 atom stereocenters. The summed E-state index contributed by atoms with van der Waals surface area (Å²) >= 11 is 5.15. The number of thiophene rings is 1. The molecule has 0 aromatic carbocycles. The van der Waals surface area contributed by atoms with Gasteiger partial charge in [0.15, 0.2) is 0 Å². The van der Waals surface area contributed by atoms with Gasteiger partial charge in [-0.2, -0.15) is 0 Å². The predicted molar refractivity (Wildman–Crippen MR) is 78.3 cm³/mol. The average molecular weight is 318 g/mol. The number of rotatable bonds is 5. The molecule has 0 radical (unpaired) electrons. The number of hydrogen-bond acceptors (Lipinski definition) is 2. The third kappa shape index (κ3) is 4.80. The molecule has 2 nitrogen and oxygen atoms in total. The van der Waals surface area contributed by atoms with Crippen LogP contribution < -0.4 is 5.32 Å². The van der Waals surface area contributed by atoms with Gasteiger partial charge in [0, 0.05) is 16.2 Å². The SMILES string of the molecule is Cc1cc(C(=O)NCC(Br)CC(C)C)sc1C. The van der Waals surface area contributed by atoms with Gasteiger partial charge in [-0.1, -0.05) is 29.8 Å². The molecule has 1 rings (SSSR count). The highest BCUT2D eigenvalue weighted by atomic mass is 79.9. The van der Waals surface area contributed by atoms with Crippen LogP contribution in [0.3, 0.4) is 0 Å². The smallest absolute Gasteiger partial charge is 0.261 e. The van der Waals surface area contributed by atoms with Crippen LogP contribution in [-0.4, -0.2) is 17.3 Å². The third-order valence-electron chi connectivity index (χ3n) is 2.60. The number of carbonyl (C=O) groups excluding carboxylic acids is 1. The molecule has 0 spiro atoms. The first-order chi connectivity index (χ1) is 7.90. The van der Waals surface area contributed by atoms with E-state index in [0.29, 0.717) is 17.3 Å². The molecule has 1 aromatic rings. The number of carbonyl (C=O) groups is 1. The van der Waals surface area contributed by atoms with Crippen molar-refractivity contribution in [3.63, 3.8) is 0 Å². The fourth-order valence-corrected chi connectivity index (χ4v) is 3.43. The molecule has 0 aliphatic carbocycles. The zero-order valence-corrected chi connectivity index (χ0v) is 13.2. The Bertz CT molecular complexity index is 367. The Morgan fingerprint density at radius 2 is 2.12 bits per heavy atom. The largest absolute Gasteiger partial charge is 0.350 e. The van der Waals surface area contributed by atoms with E-state index < -0.39 is 0 Å². The van der Waals surface area contributed by atoms with E-state index in [4.69, 9.17) is 0 Å². The van der Waals surface area contributed by atoms with Gasteiger partial charge in [0.2, 0.25) is 0 Å². The van der Waals surface area contributed by atoms with Crippen LogP contribution in [0.15, 0.2) is 6.07 Å². The van der Waals surface area contributed by atoms with Gasteiger partial charge in [-0.05, 0) is 37.8 Å². The average Bonchev–Trinajstić information content (AvgIpc) is 2.55. The van der Waals surface area contributed by atoms with Gasteiger partial charge in [-0.3, -0.25) is 4.79 Å². The third-order valence-corrected chi connectivity index (χ3v) is 4.45. The van der Waals surface area contributed by atoms with Gasteiger partial charge in [0.1, 0.15) is 0 Å². The first kappa shape index (κ1) is 14.7. The highest BCUT2D eigenvalue weighted by Gasteiger charge is 2.12. The van der Waals surface area contributed by atoms with E-state index in [1.165, 1.54) is 10.4 Å². The summed E-state index contributed by atoms with van der Waals surface area (Å²) in [5, 5.41) is 2.97. The summed E-state index contributed by atoms with van der Waals surface area (Å²) in [5.41, 5.74) is 1.19. The zero-order chi connectivity index (χ0) is 13.0. The van der Waals surface area contributed by atoms with E-state index in [-0.39, 0.29) is 5.91 Å². The molecule has 1 unspecified atom stereocenters. The zero-order valence-electron chi connectivity index (χ0n) is 10.8. The van der Waals surface area contributed by atoms with Gasteiger partial charge in [-0.25, -0.2) is 0 Å². The maximum absolute atomic E-state index is 11.9. The summed E-state index contributed by atoms with van der Waals surface area (Å²) in [6.45, 7) is 9.13. The first-order valence-corrected chi connectivity index (χ1v) is 7.62. The molecule has 0 aliphatic heterocycles. The van der Waals surface area contributed by atoms with Crippen LogP contribution in [-0.2, 0) is 0 Å². The van der Waals surface area contributed by atoms with Gasteiger partial charge >= 0.3 is 0 Å². The number of hydrogen-bond donors (Lipinski definition) is 1. The molecule has 1 amide bonds. The molecule has 1 aromatic heterocycles. The van der Waals surface area contributed by atoms with E-state index in [0.717, 1.165) is 11.3 Å². The van der Waals surface area contributed by atoms with E-state index >= 15 is 0 Å². The Balaban J connectivity index is 2.45. The van der Waals surface area contributed by atoms with Crippen LogP contribution in [0.25, 0.3) is 0 Å². The molecule has 96 valence electrons. The van der Waals surface area contributed by atoms with Crippen LogP contribution >= 0.6 is 27.3 Å². The van der Waals surface area contributed by atoms with Crippen LogP contribution in [0.5, 0.6) is 0 Å². The number of amides is 1. The first-order valence-electron chi connectivity index (χ1n) is 5.89. The van der Waals surface area contributed by atoms with Crippen molar-refractivity contribution in [3.05, 3.63) is 21.4 Å². The second-order valence-corrected chi connectivity index (χ2v) is 7.34. The summed E-state index contributed by atoms with van der Waals surface area (Å²) in [6, 6.07) is 1.96. The number of nitrogens with one attached hydrogen (secondary N) is 1. The van der Waals surface area contributed by atoms with Crippen LogP contribution in [0.2, 0.25) is 0 Å². The van der Waals surface area contributed by atoms with E-state index in [1.807, 2.05) is 19.9 Å². The summed E-state index contributed by atoms with van der Waals surface area (Å²) in [4.78, 5) is 14.3. The quantitative estimate of drug-likeness (QED) is 0.820. The molecule has 17 heavy (non-hydrogen) atoms. The Labute approximate surface area is 116 Å². The van der Waals surface area contributed by atoms with E-state index in [2.05, 4.69) is 35.1 Å². The molecule has 0 aliphatic rings. The summed E-state index contributed by atoms with van der Waals surface area (Å²) in [5.74, 6) is 0.682. The lowest BCUT2D eigenvalue weighted by Gasteiger charge is -2.12. The highest BCUT2D eigenvalue weighted by Crippen LogP contribution is 2.20. The summed E-state index contributed by atoms with van der Waals surface area (Å²) in [7, 11) is 0. The topological polar surface area (TPSA) is 29.1 Å². The summed E-state index contributed by atoms with van der Waals surface area (Å²) in [6.07, 6.45) is 1.07. The molecular formula is C13H20BrNOS. The maximum atomic E-state index is 11.9. The molecule has 1 N–H and O–H groups in total. The maximum Gasteiger partial charge on any atom is 0.261 e. The van der Waals surface area contributed by atoms with Crippen molar-refractivity contribution in [2.75, 3.05) is 6.54 Å². The van der Waals surface area contributed by atoms with E-state index in [9.17, 15) is 4.79 Å². The minimum atomic E-state index is 0.0411. The number of alkyl halides is 1. The van der Waals surface area contributed by atoms with Gasteiger partial charge in [-0.15, -0.1) is 11.3 Å². The van der Waals surface area contributed by atoms with Crippen molar-refractivity contribution in [3.8, 4) is 0 Å². The molecular weight excluding hydrogens is 298 g/mol. The summed E-state index contributed by atoms with van der Waals surface area (Å²) < 4.78 is 0. The minimum absolute atomic E-state index is 0.0411. The lowest BCUT2D eigenvalue weighted by Crippen LogP contribution is -2.29. The molecule has 4 heteroatoms. The second kappa shape index (κ2) is 6.55. The molecule has 0 saturated carbocycles. The Morgan fingerprint density at radius 3 is 2.59 bits per heavy atom. The molecule has 0 fully saturated rings. The van der Waals surface area contributed by atoms with Gasteiger partial charge < -0.3 is 5.32 Å². The number of halogens is 1. The van der Waals surface area contributed by atoms with Crippen LogP contribution in [0.1, 0.15) is 40.4 Å². The van der Waals surface area contributed by atoms with Crippen molar-refractivity contribution >= 4 is 33.2 Å². The van der Waals surface area contributed by atoms with Crippen molar-refractivity contribution in [2.45, 2.75) is 38.9 Å². The number of aryl methyl sites for hydroxylation is 2. The monoisotopic (exact) mass is 317 g/mol. The van der Waals surface area contributed by atoms with Crippen molar-refractivity contribution in [1.82, 2.24) is 5.32 Å². The predicted octanol–water partition coefficient (Wildman–Crippen LogP) is 3.90. The van der Waals surface area contributed by atoms with E-state index in [1.54, 1.807) is 11.3 Å². The fourth-order valence-electron chi connectivity index (χ4n) is 1.57. The lowest BCUT2D eigenvalue weighted by molar-refractivity contribution is 0.0957. The Morgan fingerprint density at radius 1 is 1.47 bits per heavy atom. The van der Waals surface area contributed by atoms with Crippen LogP contribution in [0, 0.1) is 19.8 Å². The van der Waals surface area contributed by atoms with Gasteiger partial charge in [0.05, 0.1) is 4.88 Å². The Hall–Kier alpha value is -0.350. The van der Waals surface area contributed by atoms with Crippen molar-refractivity contribution in [2.24, 2.45) is 5.92 Å². The molecule has 1 heterocycles. The lowest BCUT2D eigenvalue weighted by atomic mass is 10.1. The van der Waals surface area contributed by atoms with Crippen molar-refractivity contribution < 1.29 is 4.79 Å². The Kier molecular flexibility index (Phi) is 5.67. The van der Waals surface area contributed by atoms with Gasteiger partial charge in [0.25, 0.3) is 5.91 Å². The second-order valence-electron chi connectivity index (χ2n) is 4.79. The molecule has 0 bridgehead atoms. The molecule has 0 saturated heterocycles. The standard InChI is InChI=1S/C13H20BrNOS/c1-8(2)5-11(14)7-15-13(16)12-6-9(3)10(4)17-12/h6,8,11H,5,7H2,1-4H3,(H,15,16). The van der Waals surface area contributed by atoms with Crippen molar-refractivity contribution in [1.29, 1.82) is 0 Å². The van der Waals surface area contributed by atoms with Crippen LogP contribution in [0.4, 0.5) is 0 Å². The highest BCUT2D eigenvalue weighted by molar-refractivity contribution is 9.09. The minimum Gasteiger partial charge on any atom is -0.350 e. The normalized spacial score (nSPS) is 12.8. The fraction of sp³-hybridized carbons (Fsp3) is 0.615.